The zero-order valence-electron chi connectivity index (χ0n) is 13.2. The number of likely N-dealkylation sites (tertiary alicyclic amines) is 1. The summed E-state index contributed by atoms with van der Waals surface area (Å²) < 4.78 is 12.3. The second kappa shape index (κ2) is 6.17. The highest BCUT2D eigenvalue weighted by molar-refractivity contribution is 5.09. The van der Waals surface area contributed by atoms with Gasteiger partial charge in [0, 0.05) is 12.5 Å². The van der Waals surface area contributed by atoms with Crippen LogP contribution in [0, 0.1) is 17.8 Å². The molecule has 3 nitrogen and oxygen atoms in total. The number of allylic oxidation sites excluding steroid dienone is 2. The fraction of sp³-hybridized carbons (Fsp3) is 0.882. The van der Waals surface area contributed by atoms with E-state index in [0.29, 0.717) is 17.8 Å². The Hall–Kier alpha value is -0.380. The van der Waals surface area contributed by atoms with E-state index < -0.39 is 0 Å². The maximum absolute atomic E-state index is 6.25. The van der Waals surface area contributed by atoms with Crippen molar-refractivity contribution in [3.63, 3.8) is 0 Å². The van der Waals surface area contributed by atoms with Gasteiger partial charge in [-0.05, 0) is 51.1 Å². The predicted molar refractivity (Wildman–Crippen MR) is 80.5 cm³/mol. The minimum Gasteiger partial charge on any atom is -0.350 e. The summed E-state index contributed by atoms with van der Waals surface area (Å²) in [6.45, 7) is 11.2. The summed E-state index contributed by atoms with van der Waals surface area (Å²) in [6, 6.07) is 0. The van der Waals surface area contributed by atoms with E-state index >= 15 is 0 Å². The van der Waals surface area contributed by atoms with Gasteiger partial charge in [0.05, 0.1) is 12.7 Å². The molecular formula is C17H29NO2. The lowest BCUT2D eigenvalue weighted by atomic mass is 9.74. The van der Waals surface area contributed by atoms with E-state index in [-0.39, 0.29) is 12.4 Å². The van der Waals surface area contributed by atoms with Crippen molar-refractivity contribution in [1.29, 1.82) is 0 Å². The lowest BCUT2D eigenvalue weighted by molar-refractivity contribution is -0.123. The van der Waals surface area contributed by atoms with Gasteiger partial charge in [-0.2, -0.15) is 0 Å². The van der Waals surface area contributed by atoms with Gasteiger partial charge in [0.15, 0.2) is 6.29 Å². The van der Waals surface area contributed by atoms with Crippen LogP contribution in [-0.4, -0.2) is 43.5 Å². The molecule has 0 aromatic rings. The molecule has 0 N–H and O–H groups in total. The molecule has 0 saturated carbocycles. The van der Waals surface area contributed by atoms with E-state index in [1.54, 1.807) is 0 Å². The third-order valence-electron chi connectivity index (χ3n) is 5.20. The largest absolute Gasteiger partial charge is 0.350 e. The van der Waals surface area contributed by atoms with Crippen LogP contribution >= 0.6 is 0 Å². The van der Waals surface area contributed by atoms with Crippen LogP contribution in [0.4, 0.5) is 0 Å². The van der Waals surface area contributed by atoms with Crippen molar-refractivity contribution in [1.82, 2.24) is 4.90 Å². The summed E-state index contributed by atoms with van der Waals surface area (Å²) in [6.07, 6.45) is 6.58. The van der Waals surface area contributed by atoms with Crippen molar-refractivity contribution in [2.24, 2.45) is 17.8 Å². The summed E-state index contributed by atoms with van der Waals surface area (Å²) >= 11 is 0. The first kappa shape index (κ1) is 14.6. The summed E-state index contributed by atoms with van der Waals surface area (Å²) in [5.41, 5.74) is 1.52. The van der Waals surface area contributed by atoms with Gasteiger partial charge in [-0.1, -0.05) is 25.5 Å². The van der Waals surface area contributed by atoms with Gasteiger partial charge in [0.1, 0.15) is 0 Å². The predicted octanol–water partition coefficient (Wildman–Crippen LogP) is 3.06. The molecule has 3 aliphatic rings. The van der Waals surface area contributed by atoms with Crippen LogP contribution in [0.3, 0.4) is 0 Å². The van der Waals surface area contributed by atoms with Crippen molar-refractivity contribution in [2.45, 2.75) is 52.4 Å². The van der Waals surface area contributed by atoms with Crippen molar-refractivity contribution in [2.75, 3.05) is 26.2 Å². The highest BCUT2D eigenvalue weighted by Crippen LogP contribution is 2.39. The third kappa shape index (κ3) is 3.10. The Labute approximate surface area is 123 Å². The summed E-state index contributed by atoms with van der Waals surface area (Å²) in [5, 5.41) is 0. The quantitative estimate of drug-likeness (QED) is 0.741. The molecule has 0 amide bonds. The minimum absolute atomic E-state index is 0.0111. The Balaban J connectivity index is 1.56. The summed E-state index contributed by atoms with van der Waals surface area (Å²) in [4.78, 5) is 2.52. The summed E-state index contributed by atoms with van der Waals surface area (Å²) in [5.74, 6) is 1.74. The van der Waals surface area contributed by atoms with Crippen LogP contribution in [0.15, 0.2) is 11.6 Å². The van der Waals surface area contributed by atoms with Crippen molar-refractivity contribution in [3.8, 4) is 0 Å². The molecule has 2 heterocycles. The molecule has 2 aliphatic heterocycles. The van der Waals surface area contributed by atoms with E-state index in [1.165, 1.54) is 37.9 Å². The number of hydrogen-bond donors (Lipinski definition) is 0. The average Bonchev–Trinajstić information content (AvgIpc) is 3.00. The first-order valence-electron chi connectivity index (χ1n) is 8.30. The third-order valence-corrected chi connectivity index (χ3v) is 5.20. The number of ether oxygens (including phenoxy) is 2. The zero-order valence-corrected chi connectivity index (χ0v) is 13.2. The zero-order chi connectivity index (χ0) is 14.1. The Bertz CT molecular complexity index is 362. The lowest BCUT2D eigenvalue weighted by Crippen LogP contribution is -2.36. The maximum Gasteiger partial charge on any atom is 0.161 e. The molecule has 0 spiro atoms. The van der Waals surface area contributed by atoms with E-state index in [4.69, 9.17) is 9.47 Å². The Morgan fingerprint density at radius 2 is 2.00 bits per heavy atom. The highest BCUT2D eigenvalue weighted by Gasteiger charge is 2.40. The molecule has 0 radical (unpaired) electrons. The van der Waals surface area contributed by atoms with E-state index in [9.17, 15) is 0 Å². The molecule has 0 aromatic heterocycles. The first-order valence-corrected chi connectivity index (χ1v) is 8.30. The van der Waals surface area contributed by atoms with Crippen molar-refractivity contribution >= 4 is 0 Å². The Kier molecular flexibility index (Phi) is 4.49. The standard InChI is InChI=1S/C17H29NO2/c1-12-8-13(2)16(14(3)9-12)17-19-11-15(20-17)10-18-6-4-5-7-18/h8,13-17H,4-7,9-11H2,1-3H3/t13-,14+,15+,16-,17+/m0/s1. The molecule has 2 fully saturated rings. The SMILES string of the molecule is CC1=C[C@H](C)[C@H]([C@@H]2OC[C@@H](CN3CCCC3)O2)[C@H](C)C1. The minimum atomic E-state index is 0.0111. The van der Waals surface area contributed by atoms with Gasteiger partial charge in [-0.15, -0.1) is 0 Å². The molecule has 3 heteroatoms. The molecule has 0 aromatic carbocycles. The van der Waals surface area contributed by atoms with E-state index in [0.717, 1.165) is 13.2 Å². The normalized spacial score (nSPS) is 43.0. The maximum atomic E-state index is 6.25. The van der Waals surface area contributed by atoms with E-state index in [2.05, 4.69) is 31.7 Å². The van der Waals surface area contributed by atoms with Gasteiger partial charge < -0.3 is 14.4 Å². The van der Waals surface area contributed by atoms with Crippen LogP contribution in [0.2, 0.25) is 0 Å². The Morgan fingerprint density at radius 3 is 2.70 bits per heavy atom. The molecular weight excluding hydrogens is 250 g/mol. The van der Waals surface area contributed by atoms with Crippen LogP contribution in [0.1, 0.15) is 40.0 Å². The average molecular weight is 279 g/mol. The molecule has 2 saturated heterocycles. The second-order valence-electron chi connectivity index (χ2n) is 7.10. The molecule has 0 bridgehead atoms. The van der Waals surface area contributed by atoms with Gasteiger partial charge >= 0.3 is 0 Å². The molecule has 0 unspecified atom stereocenters. The molecule has 20 heavy (non-hydrogen) atoms. The monoisotopic (exact) mass is 279 g/mol. The van der Waals surface area contributed by atoms with Gasteiger partial charge in [-0.3, -0.25) is 0 Å². The fourth-order valence-electron chi connectivity index (χ4n) is 4.33. The van der Waals surface area contributed by atoms with Crippen LogP contribution in [-0.2, 0) is 9.47 Å². The van der Waals surface area contributed by atoms with Crippen LogP contribution in [0.25, 0.3) is 0 Å². The number of hydrogen-bond acceptors (Lipinski definition) is 3. The molecule has 3 rings (SSSR count). The Morgan fingerprint density at radius 1 is 1.25 bits per heavy atom. The van der Waals surface area contributed by atoms with Crippen molar-refractivity contribution < 1.29 is 9.47 Å². The fourth-order valence-corrected chi connectivity index (χ4v) is 4.33. The highest BCUT2D eigenvalue weighted by atomic mass is 16.7. The lowest BCUT2D eigenvalue weighted by Gasteiger charge is -2.36. The van der Waals surface area contributed by atoms with Gasteiger partial charge in [0.25, 0.3) is 0 Å². The molecule has 114 valence electrons. The topological polar surface area (TPSA) is 21.7 Å². The number of nitrogens with zero attached hydrogens (tertiary/aromatic N) is 1. The van der Waals surface area contributed by atoms with Crippen molar-refractivity contribution in [3.05, 3.63) is 11.6 Å². The number of rotatable bonds is 3. The second-order valence-corrected chi connectivity index (χ2v) is 7.10. The van der Waals surface area contributed by atoms with Crippen LogP contribution < -0.4 is 0 Å². The first-order chi connectivity index (χ1) is 9.63. The molecule has 5 atom stereocenters. The van der Waals surface area contributed by atoms with Gasteiger partial charge in [-0.25, -0.2) is 0 Å². The van der Waals surface area contributed by atoms with E-state index in [1.807, 2.05) is 0 Å². The smallest absolute Gasteiger partial charge is 0.161 e. The molecule has 1 aliphatic carbocycles. The van der Waals surface area contributed by atoms with Crippen LogP contribution in [0.5, 0.6) is 0 Å². The van der Waals surface area contributed by atoms with Gasteiger partial charge in [0.2, 0.25) is 0 Å². The summed E-state index contributed by atoms with van der Waals surface area (Å²) in [7, 11) is 0.